The Bertz CT molecular complexity index is 690. The van der Waals surface area contributed by atoms with E-state index >= 15 is 0 Å². The number of carbonyl (C=O) groups excluding carboxylic acids is 1. The molecule has 1 saturated heterocycles. The first-order chi connectivity index (χ1) is 11.5. The maximum Gasteiger partial charge on any atom is 0.241 e. The second-order valence-electron chi connectivity index (χ2n) is 6.27. The number of hydrogen-bond acceptors (Lipinski definition) is 6. The molecule has 0 spiro atoms. The Hall–Kier alpha value is -2.15. The van der Waals surface area contributed by atoms with Crippen LogP contribution in [0.1, 0.15) is 12.5 Å². The monoisotopic (exact) mass is 345 g/mol. The molecule has 6 nitrogen and oxygen atoms in total. The van der Waals surface area contributed by atoms with Crippen molar-refractivity contribution in [2.24, 2.45) is 0 Å². The fourth-order valence-electron chi connectivity index (χ4n) is 2.77. The van der Waals surface area contributed by atoms with Crippen LogP contribution in [0, 0.1) is 0 Å². The lowest BCUT2D eigenvalue weighted by atomic mass is 10.1. The van der Waals surface area contributed by atoms with E-state index in [0.717, 1.165) is 31.1 Å². The predicted molar refractivity (Wildman–Crippen MR) is 97.8 cm³/mol. The fraction of sp³-hybridized carbons (Fsp3) is 0.471. The van der Waals surface area contributed by atoms with Crippen LogP contribution in [0.15, 0.2) is 29.2 Å². The highest BCUT2D eigenvalue weighted by molar-refractivity contribution is 7.07. The fourth-order valence-corrected chi connectivity index (χ4v) is 3.45. The van der Waals surface area contributed by atoms with Gasteiger partial charge in [-0.3, -0.25) is 4.79 Å². The lowest BCUT2D eigenvalue weighted by Crippen LogP contribution is -2.48. The molecule has 7 heteroatoms. The third-order valence-corrected chi connectivity index (χ3v) is 5.29. The lowest BCUT2D eigenvalue weighted by Gasteiger charge is -2.33. The Labute approximate surface area is 146 Å². The van der Waals surface area contributed by atoms with Crippen molar-refractivity contribution in [3.8, 4) is 0 Å². The van der Waals surface area contributed by atoms with Crippen LogP contribution in [-0.2, 0) is 11.2 Å². The summed E-state index contributed by atoms with van der Waals surface area (Å²) in [6.07, 6.45) is 2.56. The van der Waals surface area contributed by atoms with E-state index in [9.17, 15) is 4.79 Å². The molecule has 1 unspecified atom stereocenters. The minimum Gasteiger partial charge on any atom is -0.356 e. The molecule has 2 aromatic heterocycles. The molecule has 1 amide bonds. The molecule has 128 valence electrons. The standard InChI is InChI=1S/C17H23N5OS/c1-13(8-14-4-7-24-11-14)21(3)15-9-16(19-12-18-15)22-6-5-20(2)17(23)10-22/h4,7,9,11-13H,5-6,8,10H2,1-3H3. The molecule has 0 saturated carbocycles. The van der Waals surface area contributed by atoms with E-state index in [1.54, 1.807) is 22.6 Å². The Balaban J connectivity index is 1.71. The minimum atomic E-state index is 0.126. The molecule has 24 heavy (non-hydrogen) atoms. The van der Waals surface area contributed by atoms with E-state index < -0.39 is 0 Å². The zero-order valence-electron chi connectivity index (χ0n) is 14.3. The van der Waals surface area contributed by atoms with E-state index in [0.29, 0.717) is 12.6 Å². The summed E-state index contributed by atoms with van der Waals surface area (Å²) in [7, 11) is 3.89. The van der Waals surface area contributed by atoms with Crippen LogP contribution >= 0.6 is 11.3 Å². The molecule has 3 rings (SSSR count). The average Bonchev–Trinajstić information content (AvgIpc) is 3.09. The normalized spacial score (nSPS) is 16.4. The first-order valence-electron chi connectivity index (χ1n) is 8.09. The summed E-state index contributed by atoms with van der Waals surface area (Å²) in [5.41, 5.74) is 1.35. The Kier molecular flexibility index (Phi) is 4.99. The predicted octanol–water partition coefficient (Wildman–Crippen LogP) is 1.88. The van der Waals surface area contributed by atoms with Gasteiger partial charge in [-0.05, 0) is 35.7 Å². The number of piperazine rings is 1. The van der Waals surface area contributed by atoms with Gasteiger partial charge in [0.15, 0.2) is 0 Å². The minimum absolute atomic E-state index is 0.126. The highest BCUT2D eigenvalue weighted by atomic mass is 32.1. The van der Waals surface area contributed by atoms with Crippen LogP contribution in [0.2, 0.25) is 0 Å². The Morgan fingerprint density at radius 2 is 2.21 bits per heavy atom. The van der Waals surface area contributed by atoms with Crippen molar-refractivity contribution >= 4 is 28.9 Å². The SMILES string of the molecule is CC(Cc1ccsc1)N(C)c1cc(N2CCN(C)C(=O)C2)ncn1. The van der Waals surface area contributed by atoms with Crippen LogP contribution in [0.25, 0.3) is 0 Å². The highest BCUT2D eigenvalue weighted by Gasteiger charge is 2.23. The van der Waals surface area contributed by atoms with E-state index in [4.69, 9.17) is 0 Å². The number of nitrogens with zero attached hydrogens (tertiary/aromatic N) is 5. The zero-order valence-corrected chi connectivity index (χ0v) is 15.2. The number of amides is 1. The van der Waals surface area contributed by atoms with Crippen molar-refractivity contribution in [3.05, 3.63) is 34.8 Å². The van der Waals surface area contributed by atoms with Gasteiger partial charge in [-0.25, -0.2) is 9.97 Å². The molecule has 0 bridgehead atoms. The van der Waals surface area contributed by atoms with Gasteiger partial charge in [0, 0.05) is 39.3 Å². The van der Waals surface area contributed by atoms with Crippen molar-refractivity contribution < 1.29 is 4.79 Å². The summed E-state index contributed by atoms with van der Waals surface area (Å²) in [6.45, 7) is 4.09. The molecule has 0 radical (unpaired) electrons. The molecule has 1 atom stereocenters. The first kappa shape index (κ1) is 16.7. The van der Waals surface area contributed by atoms with Gasteiger partial charge in [0.2, 0.25) is 5.91 Å². The van der Waals surface area contributed by atoms with Crippen LogP contribution in [0.3, 0.4) is 0 Å². The molecule has 1 fully saturated rings. The molecule has 3 heterocycles. The maximum absolute atomic E-state index is 11.9. The van der Waals surface area contributed by atoms with Crippen molar-refractivity contribution in [2.75, 3.05) is 43.5 Å². The highest BCUT2D eigenvalue weighted by Crippen LogP contribution is 2.21. The van der Waals surface area contributed by atoms with Gasteiger partial charge in [-0.1, -0.05) is 0 Å². The quantitative estimate of drug-likeness (QED) is 0.828. The van der Waals surface area contributed by atoms with Gasteiger partial charge < -0.3 is 14.7 Å². The smallest absolute Gasteiger partial charge is 0.241 e. The van der Waals surface area contributed by atoms with Crippen LogP contribution in [0.5, 0.6) is 0 Å². The summed E-state index contributed by atoms with van der Waals surface area (Å²) >= 11 is 1.72. The van der Waals surface area contributed by atoms with Crippen molar-refractivity contribution in [1.29, 1.82) is 0 Å². The third kappa shape index (κ3) is 3.67. The second kappa shape index (κ2) is 7.17. The van der Waals surface area contributed by atoms with E-state index in [1.165, 1.54) is 5.56 Å². The molecule has 0 aliphatic carbocycles. The van der Waals surface area contributed by atoms with E-state index in [1.807, 2.05) is 18.0 Å². The maximum atomic E-state index is 11.9. The average molecular weight is 345 g/mol. The third-order valence-electron chi connectivity index (χ3n) is 4.55. The first-order valence-corrected chi connectivity index (χ1v) is 9.03. The number of hydrogen-bond donors (Lipinski definition) is 0. The molecule has 0 N–H and O–H groups in total. The molecular formula is C17H23N5OS. The molecule has 1 aliphatic rings. The summed E-state index contributed by atoms with van der Waals surface area (Å²) in [6, 6.07) is 4.47. The number of thiophene rings is 1. The summed E-state index contributed by atoms with van der Waals surface area (Å²) in [5.74, 6) is 1.82. The van der Waals surface area contributed by atoms with Crippen LogP contribution in [-0.4, -0.2) is 60.5 Å². The Morgan fingerprint density at radius 3 is 2.92 bits per heavy atom. The van der Waals surface area contributed by atoms with Gasteiger partial charge in [0.25, 0.3) is 0 Å². The summed E-state index contributed by atoms with van der Waals surface area (Å²) < 4.78 is 0. The van der Waals surface area contributed by atoms with Gasteiger partial charge in [-0.2, -0.15) is 11.3 Å². The molecule has 0 aromatic carbocycles. The summed E-state index contributed by atoms with van der Waals surface area (Å²) in [4.78, 5) is 26.6. The zero-order chi connectivity index (χ0) is 17.1. The van der Waals surface area contributed by atoms with Gasteiger partial charge in [0.05, 0.1) is 6.54 Å². The van der Waals surface area contributed by atoms with Gasteiger partial charge >= 0.3 is 0 Å². The Morgan fingerprint density at radius 1 is 1.38 bits per heavy atom. The number of carbonyl (C=O) groups is 1. The summed E-state index contributed by atoms with van der Waals surface area (Å²) in [5, 5.41) is 4.29. The topological polar surface area (TPSA) is 52.6 Å². The second-order valence-corrected chi connectivity index (χ2v) is 7.05. The van der Waals surface area contributed by atoms with E-state index in [-0.39, 0.29) is 5.91 Å². The van der Waals surface area contributed by atoms with Crippen molar-refractivity contribution in [3.63, 3.8) is 0 Å². The molecule has 2 aromatic rings. The largest absolute Gasteiger partial charge is 0.356 e. The van der Waals surface area contributed by atoms with Gasteiger partial charge in [-0.15, -0.1) is 0 Å². The van der Waals surface area contributed by atoms with Crippen LogP contribution in [0.4, 0.5) is 11.6 Å². The number of anilines is 2. The molecule has 1 aliphatic heterocycles. The van der Waals surface area contributed by atoms with Crippen molar-refractivity contribution in [1.82, 2.24) is 14.9 Å². The van der Waals surface area contributed by atoms with Crippen LogP contribution < -0.4 is 9.80 Å². The number of rotatable bonds is 5. The van der Waals surface area contributed by atoms with Crippen molar-refractivity contribution in [2.45, 2.75) is 19.4 Å². The molecular weight excluding hydrogens is 322 g/mol. The van der Waals surface area contributed by atoms with Gasteiger partial charge in [0.1, 0.15) is 18.0 Å². The van der Waals surface area contributed by atoms with E-state index in [2.05, 4.69) is 45.7 Å². The number of likely N-dealkylation sites (N-methyl/N-ethyl adjacent to an activating group) is 2. The lowest BCUT2D eigenvalue weighted by molar-refractivity contribution is -0.129. The number of aromatic nitrogens is 2.